The fraction of sp³-hybridized carbons (Fsp3) is 0.353. The molecule has 110 valence electrons. The van der Waals surface area contributed by atoms with E-state index in [1.807, 2.05) is 19.2 Å². The van der Waals surface area contributed by atoms with Crippen LogP contribution in [0.3, 0.4) is 0 Å². The number of aromatic nitrogens is 1. The molecule has 21 heavy (non-hydrogen) atoms. The Morgan fingerprint density at radius 1 is 1.19 bits per heavy atom. The summed E-state index contributed by atoms with van der Waals surface area (Å²) in [7, 11) is 1.91. The summed E-state index contributed by atoms with van der Waals surface area (Å²) >= 11 is 6.21. The molecule has 4 heteroatoms. The third-order valence-electron chi connectivity index (χ3n) is 3.93. The Bertz CT molecular complexity index is 627. The van der Waals surface area contributed by atoms with E-state index in [2.05, 4.69) is 34.5 Å². The average molecular weight is 302 g/mol. The Morgan fingerprint density at radius 3 is 2.81 bits per heavy atom. The third kappa shape index (κ3) is 3.20. The van der Waals surface area contributed by atoms with Crippen molar-refractivity contribution >= 4 is 17.4 Å². The standard InChI is InChI=1S/C17H20ClN3/c1-19-11-16-15(18)8-9-17(20-16)21-10-4-7-13-5-2-3-6-14(13)12-21/h2-3,5-6,8-9,19H,4,7,10-12H2,1H3. The van der Waals surface area contributed by atoms with Gasteiger partial charge in [0.2, 0.25) is 0 Å². The predicted octanol–water partition coefficient (Wildman–Crippen LogP) is 3.41. The van der Waals surface area contributed by atoms with Crippen molar-refractivity contribution in [3.63, 3.8) is 0 Å². The summed E-state index contributed by atoms with van der Waals surface area (Å²) in [5.41, 5.74) is 3.78. The highest BCUT2D eigenvalue weighted by atomic mass is 35.5. The molecule has 0 spiro atoms. The van der Waals surface area contributed by atoms with Crippen LogP contribution in [0.25, 0.3) is 0 Å². The van der Waals surface area contributed by atoms with Gasteiger partial charge in [0, 0.05) is 19.6 Å². The van der Waals surface area contributed by atoms with Crippen molar-refractivity contribution in [2.24, 2.45) is 0 Å². The van der Waals surface area contributed by atoms with Gasteiger partial charge in [-0.3, -0.25) is 0 Å². The number of anilines is 1. The predicted molar refractivity (Wildman–Crippen MR) is 87.8 cm³/mol. The van der Waals surface area contributed by atoms with E-state index in [0.717, 1.165) is 42.5 Å². The van der Waals surface area contributed by atoms with Crippen molar-refractivity contribution in [1.82, 2.24) is 10.3 Å². The molecule has 0 bridgehead atoms. The van der Waals surface area contributed by atoms with E-state index in [1.54, 1.807) is 0 Å². The number of nitrogens with zero attached hydrogens (tertiary/aromatic N) is 2. The summed E-state index contributed by atoms with van der Waals surface area (Å²) in [5.74, 6) is 1.02. The van der Waals surface area contributed by atoms with Crippen LogP contribution in [0.1, 0.15) is 23.2 Å². The molecule has 0 atom stereocenters. The highest BCUT2D eigenvalue weighted by Crippen LogP contribution is 2.25. The van der Waals surface area contributed by atoms with E-state index in [-0.39, 0.29) is 0 Å². The number of benzene rings is 1. The quantitative estimate of drug-likeness (QED) is 0.942. The Labute approximate surface area is 131 Å². The minimum absolute atomic E-state index is 0.692. The molecule has 0 saturated heterocycles. The number of hydrogen-bond acceptors (Lipinski definition) is 3. The summed E-state index contributed by atoms with van der Waals surface area (Å²) in [5, 5.41) is 3.84. The Balaban J connectivity index is 1.88. The SMILES string of the molecule is CNCc1nc(N2CCCc3ccccc3C2)ccc1Cl. The molecular formula is C17H20ClN3. The first-order chi connectivity index (χ1) is 10.3. The van der Waals surface area contributed by atoms with Crippen LogP contribution in [0.4, 0.5) is 5.82 Å². The molecule has 0 saturated carbocycles. The van der Waals surface area contributed by atoms with Crippen LogP contribution >= 0.6 is 11.6 Å². The van der Waals surface area contributed by atoms with Gasteiger partial charge in [-0.25, -0.2) is 4.98 Å². The Hall–Kier alpha value is -1.58. The number of aryl methyl sites for hydroxylation is 1. The van der Waals surface area contributed by atoms with Gasteiger partial charge >= 0.3 is 0 Å². The summed E-state index contributed by atoms with van der Waals surface area (Å²) in [6.45, 7) is 2.64. The molecule has 1 aromatic carbocycles. The van der Waals surface area contributed by atoms with Crippen LogP contribution in [0.5, 0.6) is 0 Å². The average Bonchev–Trinajstić information content (AvgIpc) is 2.72. The zero-order chi connectivity index (χ0) is 14.7. The first kappa shape index (κ1) is 14.4. The van der Waals surface area contributed by atoms with Gasteiger partial charge in [-0.1, -0.05) is 35.9 Å². The van der Waals surface area contributed by atoms with Gasteiger partial charge in [-0.15, -0.1) is 0 Å². The minimum Gasteiger partial charge on any atom is -0.352 e. The summed E-state index contributed by atoms with van der Waals surface area (Å²) < 4.78 is 0. The van der Waals surface area contributed by atoms with E-state index in [9.17, 15) is 0 Å². The maximum absolute atomic E-state index is 6.21. The highest BCUT2D eigenvalue weighted by molar-refractivity contribution is 6.31. The van der Waals surface area contributed by atoms with Crippen molar-refractivity contribution in [3.05, 3.63) is 58.2 Å². The molecule has 0 radical (unpaired) electrons. The lowest BCUT2D eigenvalue weighted by molar-refractivity contribution is 0.740. The second-order valence-electron chi connectivity index (χ2n) is 5.42. The molecule has 1 aliphatic rings. The first-order valence-corrected chi connectivity index (χ1v) is 7.77. The number of nitrogens with one attached hydrogen (secondary N) is 1. The van der Waals surface area contributed by atoms with Crippen molar-refractivity contribution < 1.29 is 0 Å². The molecule has 2 heterocycles. The number of rotatable bonds is 3. The van der Waals surface area contributed by atoms with Crippen LogP contribution in [0.15, 0.2) is 36.4 Å². The second kappa shape index (κ2) is 6.46. The van der Waals surface area contributed by atoms with Crippen molar-refractivity contribution in [1.29, 1.82) is 0 Å². The lowest BCUT2D eigenvalue weighted by Crippen LogP contribution is -2.24. The maximum atomic E-state index is 6.21. The van der Waals surface area contributed by atoms with Gasteiger partial charge in [0.15, 0.2) is 0 Å². The van der Waals surface area contributed by atoms with Crippen molar-refractivity contribution in [2.45, 2.75) is 25.9 Å². The molecule has 1 N–H and O–H groups in total. The van der Waals surface area contributed by atoms with Gasteiger partial charge in [0.25, 0.3) is 0 Å². The Kier molecular flexibility index (Phi) is 4.42. The van der Waals surface area contributed by atoms with E-state index in [4.69, 9.17) is 16.6 Å². The molecule has 0 unspecified atom stereocenters. The van der Waals surface area contributed by atoms with Gasteiger partial charge in [0.05, 0.1) is 10.7 Å². The normalized spacial score (nSPS) is 14.7. The summed E-state index contributed by atoms with van der Waals surface area (Å²) in [6.07, 6.45) is 2.30. The molecule has 0 aliphatic carbocycles. The smallest absolute Gasteiger partial charge is 0.129 e. The van der Waals surface area contributed by atoms with Gasteiger partial charge < -0.3 is 10.2 Å². The fourth-order valence-electron chi connectivity index (χ4n) is 2.84. The maximum Gasteiger partial charge on any atom is 0.129 e. The minimum atomic E-state index is 0.692. The Morgan fingerprint density at radius 2 is 2.00 bits per heavy atom. The molecule has 3 nitrogen and oxygen atoms in total. The van der Waals surface area contributed by atoms with Crippen molar-refractivity contribution in [3.8, 4) is 0 Å². The van der Waals surface area contributed by atoms with Crippen molar-refractivity contribution in [2.75, 3.05) is 18.5 Å². The molecular weight excluding hydrogens is 282 g/mol. The molecule has 1 aliphatic heterocycles. The van der Waals surface area contributed by atoms with Crippen LogP contribution in [-0.2, 0) is 19.5 Å². The summed E-state index contributed by atoms with van der Waals surface area (Å²) in [6, 6.07) is 12.7. The van der Waals surface area contributed by atoms with Gasteiger partial charge in [-0.05, 0) is 43.1 Å². The van der Waals surface area contributed by atoms with E-state index >= 15 is 0 Å². The third-order valence-corrected chi connectivity index (χ3v) is 4.27. The first-order valence-electron chi connectivity index (χ1n) is 7.39. The lowest BCUT2D eigenvalue weighted by Gasteiger charge is -2.23. The number of halogens is 1. The molecule has 0 amide bonds. The van der Waals surface area contributed by atoms with Crippen LogP contribution in [0.2, 0.25) is 5.02 Å². The zero-order valence-corrected chi connectivity index (χ0v) is 13.0. The van der Waals surface area contributed by atoms with Crippen LogP contribution < -0.4 is 10.2 Å². The molecule has 1 aromatic heterocycles. The van der Waals surface area contributed by atoms with E-state index < -0.39 is 0 Å². The van der Waals surface area contributed by atoms with Crippen LogP contribution in [-0.4, -0.2) is 18.6 Å². The van der Waals surface area contributed by atoms with Crippen LogP contribution in [0, 0.1) is 0 Å². The molecule has 3 rings (SSSR count). The molecule has 2 aromatic rings. The monoisotopic (exact) mass is 301 g/mol. The second-order valence-corrected chi connectivity index (χ2v) is 5.83. The van der Waals surface area contributed by atoms with E-state index in [1.165, 1.54) is 11.1 Å². The number of pyridine rings is 1. The largest absolute Gasteiger partial charge is 0.352 e. The zero-order valence-electron chi connectivity index (χ0n) is 12.3. The topological polar surface area (TPSA) is 28.2 Å². The molecule has 0 fully saturated rings. The number of fused-ring (bicyclic) bond motifs is 1. The fourth-order valence-corrected chi connectivity index (χ4v) is 3.01. The van der Waals surface area contributed by atoms with Gasteiger partial charge in [0.1, 0.15) is 5.82 Å². The van der Waals surface area contributed by atoms with Gasteiger partial charge in [-0.2, -0.15) is 0 Å². The number of hydrogen-bond donors (Lipinski definition) is 1. The van der Waals surface area contributed by atoms with E-state index in [0.29, 0.717) is 6.54 Å². The summed E-state index contributed by atoms with van der Waals surface area (Å²) in [4.78, 5) is 7.08. The highest BCUT2D eigenvalue weighted by Gasteiger charge is 2.16. The lowest BCUT2D eigenvalue weighted by atomic mass is 10.0.